The first-order valence-corrected chi connectivity index (χ1v) is 22.6. The predicted molar refractivity (Wildman–Crippen MR) is 245 cm³/mol. The Bertz CT molecular complexity index is 2280. The number of nitrogens with zero attached hydrogens (tertiary/aromatic N) is 3. The van der Waals surface area contributed by atoms with Crippen molar-refractivity contribution in [2.75, 3.05) is 78.9 Å². The summed E-state index contributed by atoms with van der Waals surface area (Å²) >= 11 is 0. The second kappa shape index (κ2) is 17.7. The van der Waals surface area contributed by atoms with E-state index in [2.05, 4.69) is 57.2 Å². The molecule has 3 saturated heterocycles. The van der Waals surface area contributed by atoms with Crippen molar-refractivity contribution in [2.45, 2.75) is 83.3 Å². The minimum absolute atomic E-state index is 0.0257. The quantitative estimate of drug-likeness (QED) is 0.118. The maximum Gasteiger partial charge on any atom is 0.182 e. The minimum Gasteiger partial charge on any atom is -0.379 e. The molecule has 3 aliphatic heterocycles. The van der Waals surface area contributed by atoms with Crippen LogP contribution >= 0.6 is 0 Å². The van der Waals surface area contributed by atoms with Crippen molar-refractivity contribution in [1.82, 2.24) is 14.7 Å². The summed E-state index contributed by atoms with van der Waals surface area (Å²) in [5.74, 6) is 0.136. The van der Waals surface area contributed by atoms with Gasteiger partial charge in [-0.3, -0.25) is 33.9 Å². The van der Waals surface area contributed by atoms with E-state index in [4.69, 9.17) is 14.2 Å². The standard InChI is InChI=1S/C53H63N3O7/c1-36(57)41-16-18-43-44-19-17-42(49(60)52(6,7)56-24-30-63-31-25-56)33-46(44)53(45(43)32-41,34-37-8-12-39(13-9-37)47(58)50(2,3)54-20-26-61-27-21-54)35-38-10-14-40(15-11-38)48(59)51(4,5)55-22-28-62-29-23-55/h8-19,32-33H,20-31,34-35H2,1-7H3. The maximum absolute atomic E-state index is 14.7. The Morgan fingerprint density at radius 1 is 0.460 bits per heavy atom. The van der Waals surface area contributed by atoms with Crippen molar-refractivity contribution in [3.63, 3.8) is 0 Å². The Hall–Kier alpha value is -4.68. The Balaban J connectivity index is 1.22. The second-order valence-corrected chi connectivity index (χ2v) is 19.4. The summed E-state index contributed by atoms with van der Waals surface area (Å²) in [4.78, 5) is 62.6. The van der Waals surface area contributed by atoms with Gasteiger partial charge in [-0.05, 0) is 107 Å². The SMILES string of the molecule is CC(=O)c1ccc2c(c1)C(Cc1ccc(C(=O)C(C)(C)N3CCOCC3)cc1)(Cc1ccc(C(=O)C(C)(C)N3CCOCC3)cc1)c1cc(C(=O)C(C)(C)N3CCOCC3)ccc1-2. The molecule has 10 heteroatoms. The fraction of sp³-hybridized carbons (Fsp3) is 0.472. The van der Waals surface area contributed by atoms with Crippen molar-refractivity contribution >= 4 is 23.1 Å². The summed E-state index contributed by atoms with van der Waals surface area (Å²) < 4.78 is 16.8. The van der Waals surface area contributed by atoms with Crippen LogP contribution in [0.25, 0.3) is 11.1 Å². The van der Waals surface area contributed by atoms with Gasteiger partial charge in [-0.25, -0.2) is 0 Å². The summed E-state index contributed by atoms with van der Waals surface area (Å²) in [6.45, 7) is 21.3. The van der Waals surface area contributed by atoms with Gasteiger partial charge in [0, 0.05) is 66.9 Å². The topological polar surface area (TPSA) is 106 Å². The van der Waals surface area contributed by atoms with E-state index >= 15 is 0 Å². The van der Waals surface area contributed by atoms with Gasteiger partial charge in [0.05, 0.1) is 56.3 Å². The highest BCUT2D eigenvalue weighted by atomic mass is 16.5. The first kappa shape index (κ1) is 44.9. The van der Waals surface area contributed by atoms with Crippen LogP contribution in [0.1, 0.15) is 112 Å². The number of benzene rings is 4. The highest BCUT2D eigenvalue weighted by Gasteiger charge is 2.46. The van der Waals surface area contributed by atoms with E-state index in [-0.39, 0.29) is 23.1 Å². The molecule has 4 aliphatic rings. The first-order valence-electron chi connectivity index (χ1n) is 22.6. The molecule has 4 aromatic rings. The van der Waals surface area contributed by atoms with E-state index in [1.807, 2.05) is 84.0 Å². The molecule has 4 aromatic carbocycles. The van der Waals surface area contributed by atoms with E-state index in [9.17, 15) is 19.2 Å². The molecule has 0 aromatic heterocycles. The highest BCUT2D eigenvalue weighted by molar-refractivity contribution is 6.05. The molecule has 3 heterocycles. The average molecular weight is 854 g/mol. The van der Waals surface area contributed by atoms with Gasteiger partial charge < -0.3 is 14.2 Å². The zero-order valence-electron chi connectivity index (χ0n) is 38.2. The third kappa shape index (κ3) is 8.54. The Morgan fingerprint density at radius 3 is 1.11 bits per heavy atom. The van der Waals surface area contributed by atoms with Crippen LogP contribution in [0.5, 0.6) is 0 Å². The van der Waals surface area contributed by atoms with Crippen LogP contribution in [0.15, 0.2) is 84.9 Å². The zero-order valence-corrected chi connectivity index (χ0v) is 38.2. The number of morpholine rings is 3. The molecule has 1 aliphatic carbocycles. The molecule has 0 bridgehead atoms. The lowest BCUT2D eigenvalue weighted by molar-refractivity contribution is -0.00443. The molecule has 10 nitrogen and oxygen atoms in total. The number of hydrogen-bond donors (Lipinski definition) is 0. The summed E-state index contributed by atoms with van der Waals surface area (Å²) in [5, 5.41) is 0. The van der Waals surface area contributed by atoms with Gasteiger partial charge in [-0.15, -0.1) is 0 Å². The molecular formula is C53H63N3O7. The van der Waals surface area contributed by atoms with Crippen molar-refractivity contribution in [3.05, 3.63) is 129 Å². The predicted octanol–water partition coefficient (Wildman–Crippen LogP) is 7.52. The van der Waals surface area contributed by atoms with Crippen LogP contribution in [0.4, 0.5) is 0 Å². The fourth-order valence-electron chi connectivity index (χ4n) is 10.4. The lowest BCUT2D eigenvalue weighted by Gasteiger charge is -2.40. The van der Waals surface area contributed by atoms with Crippen LogP contribution in [-0.2, 0) is 32.5 Å². The average Bonchev–Trinajstić information content (AvgIpc) is 3.56. The van der Waals surface area contributed by atoms with E-state index < -0.39 is 22.0 Å². The summed E-state index contributed by atoms with van der Waals surface area (Å²) in [5.41, 5.74) is 5.80. The molecule has 63 heavy (non-hydrogen) atoms. The van der Waals surface area contributed by atoms with E-state index in [0.29, 0.717) is 114 Å². The van der Waals surface area contributed by atoms with Gasteiger partial charge in [0.2, 0.25) is 0 Å². The smallest absolute Gasteiger partial charge is 0.182 e. The number of Topliss-reactive ketones (excluding diaryl/α,β-unsaturated/α-hetero) is 4. The fourth-order valence-corrected chi connectivity index (χ4v) is 10.4. The molecule has 0 spiro atoms. The number of carbonyl (C=O) groups excluding carboxylic acids is 4. The Kier molecular flexibility index (Phi) is 12.6. The van der Waals surface area contributed by atoms with E-state index in [1.54, 1.807) is 6.92 Å². The van der Waals surface area contributed by atoms with Crippen molar-refractivity contribution in [3.8, 4) is 11.1 Å². The van der Waals surface area contributed by atoms with Crippen molar-refractivity contribution in [2.24, 2.45) is 0 Å². The Labute approximate surface area is 372 Å². The summed E-state index contributed by atoms with van der Waals surface area (Å²) in [7, 11) is 0. The largest absolute Gasteiger partial charge is 0.379 e. The lowest BCUT2D eigenvalue weighted by atomic mass is 9.68. The molecule has 8 rings (SSSR count). The summed E-state index contributed by atoms with van der Waals surface area (Å²) in [6, 6.07) is 28.1. The molecule has 0 amide bonds. The van der Waals surface area contributed by atoms with Gasteiger partial charge in [0.1, 0.15) is 0 Å². The highest BCUT2D eigenvalue weighted by Crippen LogP contribution is 2.53. The molecule has 0 saturated carbocycles. The molecule has 0 N–H and O–H groups in total. The van der Waals surface area contributed by atoms with E-state index in [1.165, 1.54) is 0 Å². The minimum atomic E-state index is -0.761. The van der Waals surface area contributed by atoms with Crippen LogP contribution in [0.2, 0.25) is 0 Å². The van der Waals surface area contributed by atoms with Crippen LogP contribution in [0, 0.1) is 0 Å². The van der Waals surface area contributed by atoms with Gasteiger partial charge in [0.15, 0.2) is 23.1 Å². The number of hydrogen-bond acceptors (Lipinski definition) is 10. The molecule has 0 atom stereocenters. The first-order chi connectivity index (χ1) is 30.0. The molecular weight excluding hydrogens is 791 g/mol. The normalized spacial score (nSPS) is 18.7. The van der Waals surface area contributed by atoms with Crippen molar-refractivity contribution in [1.29, 1.82) is 0 Å². The van der Waals surface area contributed by atoms with Gasteiger partial charge in [0.25, 0.3) is 0 Å². The van der Waals surface area contributed by atoms with Crippen LogP contribution < -0.4 is 0 Å². The number of rotatable bonds is 14. The molecule has 0 radical (unpaired) electrons. The third-order valence-corrected chi connectivity index (χ3v) is 14.5. The molecule has 0 unspecified atom stereocenters. The van der Waals surface area contributed by atoms with Gasteiger partial charge in [-0.1, -0.05) is 72.8 Å². The number of ether oxygens (including phenoxy) is 3. The molecule has 3 fully saturated rings. The monoisotopic (exact) mass is 853 g/mol. The third-order valence-electron chi connectivity index (χ3n) is 14.5. The van der Waals surface area contributed by atoms with Crippen LogP contribution in [-0.4, -0.2) is 133 Å². The van der Waals surface area contributed by atoms with E-state index in [0.717, 1.165) is 33.4 Å². The Morgan fingerprint density at radius 2 is 0.762 bits per heavy atom. The molecule has 332 valence electrons. The number of ketones is 4. The second-order valence-electron chi connectivity index (χ2n) is 19.4. The number of carbonyl (C=O) groups is 4. The zero-order chi connectivity index (χ0) is 44.7. The number of fused-ring (bicyclic) bond motifs is 3. The van der Waals surface area contributed by atoms with Gasteiger partial charge >= 0.3 is 0 Å². The maximum atomic E-state index is 14.7. The lowest BCUT2D eigenvalue weighted by Crippen LogP contribution is -2.54. The summed E-state index contributed by atoms with van der Waals surface area (Å²) in [6.07, 6.45) is 1.07. The van der Waals surface area contributed by atoms with Gasteiger partial charge in [-0.2, -0.15) is 0 Å². The van der Waals surface area contributed by atoms with Crippen LogP contribution in [0.3, 0.4) is 0 Å². The van der Waals surface area contributed by atoms with Crippen molar-refractivity contribution < 1.29 is 33.4 Å².